The average molecular weight is 615 g/mol. The van der Waals surface area contributed by atoms with E-state index >= 15 is 0 Å². The summed E-state index contributed by atoms with van der Waals surface area (Å²) in [6.45, 7) is 4.18. The largest absolute Gasteiger partial charge is 0.303 e. The highest BCUT2D eigenvalue weighted by Crippen LogP contribution is 2.36. The Balaban J connectivity index is 1.10. The number of sulfone groups is 1. The molecule has 0 N–H and O–H groups in total. The smallest absolute Gasteiger partial charge is 0.211 e. The van der Waals surface area contributed by atoms with Gasteiger partial charge in [0, 0.05) is 18.7 Å². The van der Waals surface area contributed by atoms with E-state index in [1.54, 1.807) is 35.6 Å². The highest BCUT2D eigenvalue weighted by atomic mass is 32.2. The molecule has 2 aliphatic heterocycles. The number of nitrogens with zero attached hydrogens (tertiary/aromatic N) is 6. The van der Waals surface area contributed by atoms with Gasteiger partial charge in [-0.25, -0.2) is 21.1 Å². The summed E-state index contributed by atoms with van der Waals surface area (Å²) in [6.07, 6.45) is 6.83. The molecule has 42 heavy (non-hydrogen) atoms. The van der Waals surface area contributed by atoms with Crippen molar-refractivity contribution in [1.29, 1.82) is 0 Å². The van der Waals surface area contributed by atoms with E-state index in [0.717, 1.165) is 57.3 Å². The van der Waals surface area contributed by atoms with Crippen LogP contribution in [0.5, 0.6) is 0 Å². The Bertz CT molecular complexity index is 1510. The SMILES string of the molecule is Cn1nnc(-c2ccc(S(=O)(=O)CCC3CCN(CCC(c4ccccc4)C4CCN(S(C)(=O)=O)CC4)CC3)cc2)n1. The maximum Gasteiger partial charge on any atom is 0.211 e. The summed E-state index contributed by atoms with van der Waals surface area (Å²) in [7, 11) is -4.81. The molecule has 228 valence electrons. The summed E-state index contributed by atoms with van der Waals surface area (Å²) in [4.78, 5) is 4.23. The third-order valence-corrected chi connectivity index (χ3v) is 12.1. The summed E-state index contributed by atoms with van der Waals surface area (Å²) in [5, 5.41) is 12.0. The molecule has 0 saturated carbocycles. The molecule has 0 radical (unpaired) electrons. The van der Waals surface area contributed by atoms with E-state index < -0.39 is 19.9 Å². The van der Waals surface area contributed by atoms with Crippen LogP contribution >= 0.6 is 0 Å². The molecule has 0 bridgehead atoms. The number of likely N-dealkylation sites (tertiary alicyclic amines) is 1. The number of hydrogen-bond donors (Lipinski definition) is 0. The second-order valence-corrected chi connectivity index (χ2v) is 15.9. The molecular formula is C30H42N6O4S2. The molecule has 0 spiro atoms. The van der Waals surface area contributed by atoms with Gasteiger partial charge in [0.15, 0.2) is 9.84 Å². The number of sulfonamides is 1. The van der Waals surface area contributed by atoms with E-state index in [1.807, 2.05) is 6.07 Å². The molecule has 2 fully saturated rings. The van der Waals surface area contributed by atoms with Crippen LogP contribution in [-0.4, -0.2) is 91.0 Å². The Morgan fingerprint density at radius 2 is 1.55 bits per heavy atom. The number of tetrazole rings is 1. The van der Waals surface area contributed by atoms with Gasteiger partial charge >= 0.3 is 0 Å². The third kappa shape index (κ3) is 7.83. The molecule has 3 heterocycles. The molecule has 0 aliphatic carbocycles. The zero-order valence-electron chi connectivity index (χ0n) is 24.5. The minimum absolute atomic E-state index is 0.155. The lowest BCUT2D eigenvalue weighted by Crippen LogP contribution is -2.40. The fourth-order valence-electron chi connectivity index (χ4n) is 6.46. The van der Waals surface area contributed by atoms with Gasteiger partial charge in [-0.1, -0.05) is 30.3 Å². The Kier molecular flexibility index (Phi) is 9.76. The van der Waals surface area contributed by atoms with Gasteiger partial charge in [0.25, 0.3) is 0 Å². The lowest BCUT2D eigenvalue weighted by Gasteiger charge is -2.37. The number of benzene rings is 2. The highest BCUT2D eigenvalue weighted by Gasteiger charge is 2.31. The van der Waals surface area contributed by atoms with Gasteiger partial charge in [0.05, 0.1) is 24.0 Å². The van der Waals surface area contributed by atoms with Crippen LogP contribution in [-0.2, 0) is 26.9 Å². The number of aromatic nitrogens is 4. The zero-order chi connectivity index (χ0) is 29.7. The molecular weight excluding hydrogens is 573 g/mol. The molecule has 12 heteroatoms. The highest BCUT2D eigenvalue weighted by molar-refractivity contribution is 7.91. The van der Waals surface area contributed by atoms with Crippen LogP contribution in [0.3, 0.4) is 0 Å². The lowest BCUT2D eigenvalue weighted by atomic mass is 9.78. The molecule has 2 aliphatic rings. The summed E-state index contributed by atoms with van der Waals surface area (Å²) < 4.78 is 51.7. The van der Waals surface area contributed by atoms with E-state index in [0.29, 0.717) is 48.0 Å². The van der Waals surface area contributed by atoms with Crippen molar-refractivity contribution in [2.24, 2.45) is 18.9 Å². The molecule has 0 amide bonds. The van der Waals surface area contributed by atoms with Crippen molar-refractivity contribution in [3.05, 3.63) is 60.2 Å². The predicted octanol–water partition coefficient (Wildman–Crippen LogP) is 3.60. The number of piperidine rings is 2. The summed E-state index contributed by atoms with van der Waals surface area (Å²) in [5.41, 5.74) is 2.08. The van der Waals surface area contributed by atoms with E-state index in [2.05, 4.69) is 44.6 Å². The summed E-state index contributed by atoms with van der Waals surface area (Å²) in [6, 6.07) is 17.4. The molecule has 10 nitrogen and oxygen atoms in total. The minimum Gasteiger partial charge on any atom is -0.303 e. The summed E-state index contributed by atoms with van der Waals surface area (Å²) >= 11 is 0. The molecule has 1 unspecified atom stereocenters. The Labute approximate surface area is 250 Å². The number of aryl methyl sites for hydroxylation is 1. The minimum atomic E-state index is -3.36. The lowest BCUT2D eigenvalue weighted by molar-refractivity contribution is 0.164. The number of rotatable bonds is 11. The van der Waals surface area contributed by atoms with Crippen LogP contribution < -0.4 is 0 Å². The fraction of sp³-hybridized carbons (Fsp3) is 0.567. The molecule has 2 aromatic carbocycles. The van der Waals surface area contributed by atoms with Crippen LogP contribution in [0.1, 0.15) is 50.0 Å². The predicted molar refractivity (Wildman–Crippen MR) is 163 cm³/mol. The first kappa shape index (κ1) is 30.8. The molecule has 2 saturated heterocycles. The maximum absolute atomic E-state index is 13.0. The van der Waals surface area contributed by atoms with Gasteiger partial charge < -0.3 is 4.90 Å². The first-order valence-electron chi connectivity index (χ1n) is 14.9. The summed E-state index contributed by atoms with van der Waals surface area (Å²) in [5.74, 6) is 1.92. The standard InChI is InChI=1S/C30H42N6O4S2/c1-34-32-30(31-33-34)27-8-10-28(11-9-27)42(39,40)23-17-24-12-18-35(19-13-24)20-16-29(25-6-4-3-5-7-25)26-14-21-36(22-15-26)41(2,37)38/h3-11,24,26,29H,12-23H2,1-2H3. The van der Waals surface area contributed by atoms with Gasteiger partial charge in [0.1, 0.15) is 0 Å². The Morgan fingerprint density at radius 1 is 0.881 bits per heavy atom. The zero-order valence-corrected chi connectivity index (χ0v) is 26.2. The number of hydrogen-bond acceptors (Lipinski definition) is 8. The quantitative estimate of drug-likeness (QED) is 0.322. The third-order valence-electron chi connectivity index (χ3n) is 9.00. The first-order valence-corrected chi connectivity index (χ1v) is 18.4. The van der Waals surface area contributed by atoms with Crippen molar-refractivity contribution in [2.45, 2.75) is 49.3 Å². The van der Waals surface area contributed by atoms with Crippen molar-refractivity contribution in [1.82, 2.24) is 29.4 Å². The first-order chi connectivity index (χ1) is 20.1. The Hall–Kier alpha value is -2.67. The maximum atomic E-state index is 13.0. The topological polar surface area (TPSA) is 118 Å². The van der Waals surface area contributed by atoms with Gasteiger partial charge in [-0.05, 0) is 111 Å². The van der Waals surface area contributed by atoms with Gasteiger partial charge in [-0.3, -0.25) is 0 Å². The monoisotopic (exact) mass is 614 g/mol. The molecule has 5 rings (SSSR count). The Morgan fingerprint density at radius 3 is 2.14 bits per heavy atom. The second-order valence-electron chi connectivity index (χ2n) is 11.8. The van der Waals surface area contributed by atoms with Gasteiger partial charge in [-0.15, -0.1) is 10.2 Å². The van der Waals surface area contributed by atoms with Crippen LogP contribution in [0.4, 0.5) is 0 Å². The molecule has 1 atom stereocenters. The van der Waals surface area contributed by atoms with E-state index in [9.17, 15) is 16.8 Å². The van der Waals surface area contributed by atoms with Crippen LogP contribution in [0.25, 0.3) is 11.4 Å². The van der Waals surface area contributed by atoms with Crippen molar-refractivity contribution in [2.75, 3.05) is 44.7 Å². The van der Waals surface area contributed by atoms with Gasteiger partial charge in [0.2, 0.25) is 15.8 Å². The van der Waals surface area contributed by atoms with E-state index in [1.165, 1.54) is 16.6 Å². The van der Waals surface area contributed by atoms with Crippen molar-refractivity contribution in [3.8, 4) is 11.4 Å². The van der Waals surface area contributed by atoms with E-state index in [-0.39, 0.29) is 5.75 Å². The van der Waals surface area contributed by atoms with Crippen molar-refractivity contribution >= 4 is 19.9 Å². The van der Waals surface area contributed by atoms with Crippen LogP contribution in [0.15, 0.2) is 59.5 Å². The normalized spacial score (nSPS) is 19.2. The van der Waals surface area contributed by atoms with Crippen molar-refractivity contribution < 1.29 is 16.8 Å². The van der Waals surface area contributed by atoms with E-state index in [4.69, 9.17) is 0 Å². The van der Waals surface area contributed by atoms with Crippen molar-refractivity contribution in [3.63, 3.8) is 0 Å². The van der Waals surface area contributed by atoms with Crippen LogP contribution in [0, 0.1) is 11.8 Å². The molecule has 1 aromatic heterocycles. The second kappa shape index (κ2) is 13.3. The average Bonchev–Trinajstić information content (AvgIpc) is 3.43. The molecule has 3 aromatic rings. The van der Waals surface area contributed by atoms with Crippen LogP contribution in [0.2, 0.25) is 0 Å². The fourth-order valence-corrected chi connectivity index (χ4v) is 8.76. The van der Waals surface area contributed by atoms with Gasteiger partial charge in [-0.2, -0.15) is 4.80 Å².